The zero-order valence-corrected chi connectivity index (χ0v) is 38.9. The first-order chi connectivity index (χ1) is 29.5. The maximum atomic E-state index is 12.7. The molecule has 0 aromatic carbocycles. The van der Waals surface area contributed by atoms with Crippen LogP contribution in [0, 0.1) is 0 Å². The second-order valence-electron chi connectivity index (χ2n) is 16.1. The van der Waals surface area contributed by atoms with Crippen molar-refractivity contribution in [1.82, 2.24) is 0 Å². The minimum Gasteiger partial charge on any atom is -0.462 e. The number of esters is 3. The van der Waals surface area contributed by atoms with Gasteiger partial charge < -0.3 is 14.2 Å². The lowest BCUT2D eigenvalue weighted by Gasteiger charge is -2.18. The zero-order chi connectivity index (χ0) is 43.7. The predicted molar refractivity (Wildman–Crippen MR) is 256 cm³/mol. The highest BCUT2D eigenvalue weighted by atomic mass is 16.6. The summed E-state index contributed by atoms with van der Waals surface area (Å²) in [7, 11) is 0. The summed E-state index contributed by atoms with van der Waals surface area (Å²) in [6, 6.07) is 0. The molecule has 0 radical (unpaired) electrons. The number of carbonyl (C=O) groups is 3. The molecule has 1 atom stereocenters. The maximum Gasteiger partial charge on any atom is 0.306 e. The minimum atomic E-state index is -0.813. The van der Waals surface area contributed by atoms with Gasteiger partial charge >= 0.3 is 17.9 Å². The number of rotatable bonds is 43. The third kappa shape index (κ3) is 45.7. The first-order valence-corrected chi connectivity index (χ1v) is 24.7. The minimum absolute atomic E-state index is 0.110. The molecule has 0 aliphatic rings. The van der Waals surface area contributed by atoms with E-state index in [4.69, 9.17) is 14.2 Å². The molecule has 0 aliphatic carbocycles. The smallest absolute Gasteiger partial charge is 0.306 e. The molecule has 60 heavy (non-hydrogen) atoms. The molecule has 0 amide bonds. The van der Waals surface area contributed by atoms with Crippen LogP contribution in [0.4, 0.5) is 0 Å². The molecule has 0 heterocycles. The molecule has 0 saturated carbocycles. The zero-order valence-electron chi connectivity index (χ0n) is 38.9. The number of hydrogen-bond donors (Lipinski definition) is 0. The SMILES string of the molecule is CC/C=C/C=C/C=C/C=C/CCCCCC(=O)OC(COC(=O)CCCCC/C=C/C=C/CCCCCCCCC)COC(=O)CCCCC/C=C/CCCCCCCC. The van der Waals surface area contributed by atoms with Crippen LogP contribution < -0.4 is 0 Å². The van der Waals surface area contributed by atoms with Gasteiger partial charge in [0.25, 0.3) is 0 Å². The van der Waals surface area contributed by atoms with Gasteiger partial charge in [-0.1, -0.05) is 196 Å². The first kappa shape index (κ1) is 56.6. The van der Waals surface area contributed by atoms with Crippen molar-refractivity contribution in [1.29, 1.82) is 0 Å². The molecule has 342 valence electrons. The van der Waals surface area contributed by atoms with E-state index in [9.17, 15) is 14.4 Å². The average molecular weight is 835 g/mol. The highest BCUT2D eigenvalue weighted by Gasteiger charge is 2.19. The monoisotopic (exact) mass is 835 g/mol. The van der Waals surface area contributed by atoms with Crippen molar-refractivity contribution in [3.63, 3.8) is 0 Å². The van der Waals surface area contributed by atoms with Gasteiger partial charge in [0.05, 0.1) is 0 Å². The summed E-state index contributed by atoms with van der Waals surface area (Å²) in [5.41, 5.74) is 0. The Kier molecular flexibility index (Phi) is 45.5. The number of allylic oxidation sites excluding steroid dienone is 14. The molecule has 0 spiro atoms. The van der Waals surface area contributed by atoms with Crippen molar-refractivity contribution in [3.05, 3.63) is 85.1 Å². The number of carbonyl (C=O) groups excluding carboxylic acids is 3. The first-order valence-electron chi connectivity index (χ1n) is 24.7. The average Bonchev–Trinajstić information content (AvgIpc) is 3.24. The van der Waals surface area contributed by atoms with E-state index >= 15 is 0 Å². The van der Waals surface area contributed by atoms with Crippen LogP contribution in [-0.4, -0.2) is 37.2 Å². The fourth-order valence-corrected chi connectivity index (χ4v) is 6.50. The summed E-state index contributed by atoms with van der Waals surface area (Å²) in [6.45, 7) is 6.40. The molecular formula is C54H90O6. The summed E-state index contributed by atoms with van der Waals surface area (Å²) < 4.78 is 16.7. The van der Waals surface area contributed by atoms with Crippen LogP contribution in [0.15, 0.2) is 85.1 Å². The Hall–Kier alpha value is -3.41. The van der Waals surface area contributed by atoms with Gasteiger partial charge in [-0.2, -0.15) is 0 Å². The summed E-state index contributed by atoms with van der Waals surface area (Å²) in [6.07, 6.45) is 61.4. The summed E-state index contributed by atoms with van der Waals surface area (Å²) in [4.78, 5) is 37.9. The molecule has 6 heteroatoms. The second kappa shape index (κ2) is 48.3. The van der Waals surface area contributed by atoms with Crippen molar-refractivity contribution >= 4 is 17.9 Å². The summed E-state index contributed by atoms with van der Waals surface area (Å²) in [5.74, 6) is -0.995. The van der Waals surface area contributed by atoms with Gasteiger partial charge in [0.15, 0.2) is 6.10 Å². The molecule has 0 aromatic heterocycles. The topological polar surface area (TPSA) is 78.9 Å². The van der Waals surface area contributed by atoms with E-state index in [-0.39, 0.29) is 37.5 Å². The van der Waals surface area contributed by atoms with E-state index in [1.807, 2.05) is 36.5 Å². The van der Waals surface area contributed by atoms with Gasteiger partial charge in [-0.25, -0.2) is 0 Å². The molecule has 1 unspecified atom stereocenters. The van der Waals surface area contributed by atoms with E-state index in [1.54, 1.807) is 0 Å². The Labute approximate surface area is 369 Å². The highest BCUT2D eigenvalue weighted by molar-refractivity contribution is 5.71. The standard InChI is InChI=1S/C54H90O6/c1-4-7-10-13-16-19-22-25-26-27-30-32-35-38-41-44-47-53(56)59-50-51(60-54(57)48-45-42-39-36-33-29-24-21-18-15-12-9-6-3)49-58-52(55)46-43-40-37-34-31-28-23-20-17-14-11-8-5-2/h9,12,15,18,21,24,26-33,51H,4-8,10-11,13-14,16-17,19-20,22-23,25,34-50H2,1-3H3/b12-9+,18-15+,24-21+,27-26+,31-28+,32-30+,33-29+. The lowest BCUT2D eigenvalue weighted by Crippen LogP contribution is -2.30. The summed E-state index contributed by atoms with van der Waals surface area (Å²) in [5, 5.41) is 0. The van der Waals surface area contributed by atoms with E-state index in [0.717, 1.165) is 89.9 Å². The Morgan fingerprint density at radius 3 is 1.08 bits per heavy atom. The largest absolute Gasteiger partial charge is 0.462 e. The van der Waals surface area contributed by atoms with Crippen molar-refractivity contribution < 1.29 is 28.6 Å². The predicted octanol–water partition coefficient (Wildman–Crippen LogP) is 16.0. The Morgan fingerprint density at radius 2 is 0.667 bits per heavy atom. The third-order valence-electron chi connectivity index (χ3n) is 10.2. The van der Waals surface area contributed by atoms with E-state index < -0.39 is 6.10 Å². The van der Waals surface area contributed by atoms with Crippen LogP contribution in [0.5, 0.6) is 0 Å². The van der Waals surface area contributed by atoms with Crippen LogP contribution in [0.1, 0.15) is 220 Å². The number of hydrogen-bond acceptors (Lipinski definition) is 6. The quantitative estimate of drug-likeness (QED) is 0.0200. The third-order valence-corrected chi connectivity index (χ3v) is 10.2. The molecule has 0 aliphatic heterocycles. The van der Waals surface area contributed by atoms with Gasteiger partial charge in [0.2, 0.25) is 0 Å². The lowest BCUT2D eigenvalue weighted by atomic mass is 10.1. The fraction of sp³-hybridized carbons (Fsp3) is 0.685. The molecule has 0 N–H and O–H groups in total. The second-order valence-corrected chi connectivity index (χ2v) is 16.1. The highest BCUT2D eigenvalue weighted by Crippen LogP contribution is 2.12. The molecule has 0 aromatic rings. The molecule has 6 nitrogen and oxygen atoms in total. The number of unbranched alkanes of at least 4 members (excludes halogenated alkanes) is 22. The molecule has 0 saturated heterocycles. The molecular weight excluding hydrogens is 745 g/mol. The molecule has 0 bridgehead atoms. The van der Waals surface area contributed by atoms with Crippen LogP contribution in [0.25, 0.3) is 0 Å². The molecule has 0 fully saturated rings. The Balaban J connectivity index is 4.51. The summed E-state index contributed by atoms with van der Waals surface area (Å²) >= 11 is 0. The van der Waals surface area contributed by atoms with Crippen LogP contribution >= 0.6 is 0 Å². The van der Waals surface area contributed by atoms with Crippen molar-refractivity contribution in [2.45, 2.75) is 226 Å². The van der Waals surface area contributed by atoms with E-state index in [1.165, 1.54) is 83.5 Å². The van der Waals surface area contributed by atoms with Crippen molar-refractivity contribution in [2.75, 3.05) is 13.2 Å². The van der Waals surface area contributed by atoms with Gasteiger partial charge in [-0.3, -0.25) is 14.4 Å². The van der Waals surface area contributed by atoms with Crippen molar-refractivity contribution in [2.24, 2.45) is 0 Å². The number of ether oxygens (including phenoxy) is 3. The molecule has 0 rings (SSSR count). The van der Waals surface area contributed by atoms with Crippen LogP contribution in [-0.2, 0) is 28.6 Å². The fourth-order valence-electron chi connectivity index (χ4n) is 6.50. The van der Waals surface area contributed by atoms with E-state index in [2.05, 4.69) is 69.4 Å². The normalized spacial score (nSPS) is 12.8. The van der Waals surface area contributed by atoms with Crippen molar-refractivity contribution in [3.8, 4) is 0 Å². The Morgan fingerprint density at radius 1 is 0.350 bits per heavy atom. The van der Waals surface area contributed by atoms with Crippen LogP contribution in [0.2, 0.25) is 0 Å². The van der Waals surface area contributed by atoms with Gasteiger partial charge in [0, 0.05) is 19.3 Å². The van der Waals surface area contributed by atoms with Gasteiger partial charge in [0.1, 0.15) is 13.2 Å². The van der Waals surface area contributed by atoms with E-state index in [0.29, 0.717) is 19.3 Å². The Bertz CT molecular complexity index is 1190. The lowest BCUT2D eigenvalue weighted by molar-refractivity contribution is -0.167. The maximum absolute atomic E-state index is 12.7. The van der Waals surface area contributed by atoms with Crippen LogP contribution in [0.3, 0.4) is 0 Å². The van der Waals surface area contributed by atoms with Gasteiger partial charge in [-0.05, 0) is 89.9 Å². The van der Waals surface area contributed by atoms with Gasteiger partial charge in [-0.15, -0.1) is 0 Å².